The SMILES string of the molecule is CC(=O)Nc1ccc(SCc2nc3cc(-n4ccnc4)ccc3[nH]2)cc1.Cl.Cl. The fourth-order valence-corrected chi connectivity index (χ4v) is 3.45. The highest BCUT2D eigenvalue weighted by atomic mass is 35.5. The quantitative estimate of drug-likeness (QED) is 0.439. The van der Waals surface area contributed by atoms with E-state index in [0.717, 1.165) is 38.9 Å². The molecule has 2 N–H and O–H groups in total. The van der Waals surface area contributed by atoms with Crippen LogP contribution in [0.3, 0.4) is 0 Å². The molecule has 0 atom stereocenters. The predicted octanol–water partition coefficient (Wildman–Crippen LogP) is 4.84. The number of benzene rings is 2. The molecule has 6 nitrogen and oxygen atoms in total. The van der Waals surface area contributed by atoms with Gasteiger partial charge in [0.05, 0.1) is 23.1 Å². The molecule has 0 saturated heterocycles. The molecule has 9 heteroatoms. The van der Waals surface area contributed by atoms with Gasteiger partial charge in [-0.25, -0.2) is 9.97 Å². The van der Waals surface area contributed by atoms with E-state index in [0.29, 0.717) is 0 Å². The molecule has 4 rings (SSSR count). The summed E-state index contributed by atoms with van der Waals surface area (Å²) in [5, 5.41) is 2.77. The lowest BCUT2D eigenvalue weighted by Crippen LogP contribution is -2.05. The van der Waals surface area contributed by atoms with Crippen LogP contribution in [0.4, 0.5) is 5.69 Å². The first-order chi connectivity index (χ1) is 12.7. The third-order valence-electron chi connectivity index (χ3n) is 3.87. The Kier molecular flexibility index (Phi) is 7.51. The number of hydrogen-bond donors (Lipinski definition) is 2. The summed E-state index contributed by atoms with van der Waals surface area (Å²) >= 11 is 1.70. The van der Waals surface area contributed by atoms with E-state index in [1.54, 1.807) is 24.3 Å². The van der Waals surface area contributed by atoms with Crippen LogP contribution in [0.25, 0.3) is 16.7 Å². The van der Waals surface area contributed by atoms with E-state index in [9.17, 15) is 4.79 Å². The van der Waals surface area contributed by atoms with E-state index in [2.05, 4.69) is 20.3 Å². The molecule has 2 heterocycles. The Morgan fingerprint density at radius 3 is 2.64 bits per heavy atom. The first kappa shape index (κ1) is 21.8. The topological polar surface area (TPSA) is 75.6 Å². The lowest BCUT2D eigenvalue weighted by Gasteiger charge is -2.03. The van der Waals surface area contributed by atoms with E-state index in [4.69, 9.17) is 0 Å². The smallest absolute Gasteiger partial charge is 0.221 e. The van der Waals surface area contributed by atoms with Crippen molar-refractivity contribution in [1.82, 2.24) is 19.5 Å². The Hall–Kier alpha value is -2.48. The van der Waals surface area contributed by atoms with Crippen molar-refractivity contribution in [2.24, 2.45) is 0 Å². The molecule has 0 spiro atoms. The number of aromatic amines is 1. The summed E-state index contributed by atoms with van der Waals surface area (Å²) in [6.45, 7) is 1.50. The normalized spacial score (nSPS) is 10.2. The zero-order valence-corrected chi connectivity index (χ0v) is 17.4. The van der Waals surface area contributed by atoms with Crippen LogP contribution in [-0.2, 0) is 10.5 Å². The molecule has 0 fully saturated rings. The predicted molar refractivity (Wildman–Crippen MR) is 118 cm³/mol. The summed E-state index contributed by atoms with van der Waals surface area (Å²) in [6.07, 6.45) is 5.44. The molecule has 2 aromatic heterocycles. The number of fused-ring (bicyclic) bond motifs is 1. The van der Waals surface area contributed by atoms with Crippen molar-refractivity contribution < 1.29 is 4.79 Å². The molecule has 0 radical (unpaired) electrons. The van der Waals surface area contributed by atoms with Crippen molar-refractivity contribution >= 4 is 59.2 Å². The summed E-state index contributed by atoms with van der Waals surface area (Å²) in [7, 11) is 0. The van der Waals surface area contributed by atoms with Gasteiger partial charge < -0.3 is 14.9 Å². The highest BCUT2D eigenvalue weighted by Gasteiger charge is 2.06. The van der Waals surface area contributed by atoms with E-state index in [-0.39, 0.29) is 30.7 Å². The van der Waals surface area contributed by atoms with Gasteiger partial charge in [-0.3, -0.25) is 4.79 Å². The maximum atomic E-state index is 11.1. The number of carbonyl (C=O) groups excluding carboxylic acids is 1. The monoisotopic (exact) mass is 435 g/mol. The second-order valence-corrected chi connectivity index (χ2v) is 6.90. The molecular weight excluding hydrogens is 417 g/mol. The molecule has 146 valence electrons. The van der Waals surface area contributed by atoms with Crippen LogP contribution in [-0.4, -0.2) is 25.4 Å². The molecule has 0 bridgehead atoms. The van der Waals surface area contributed by atoms with Crippen molar-refractivity contribution in [2.45, 2.75) is 17.6 Å². The van der Waals surface area contributed by atoms with Gasteiger partial charge in [-0.1, -0.05) is 0 Å². The van der Waals surface area contributed by atoms with Crippen LogP contribution in [0, 0.1) is 0 Å². The largest absolute Gasteiger partial charge is 0.341 e. The number of hydrogen-bond acceptors (Lipinski definition) is 4. The maximum Gasteiger partial charge on any atom is 0.221 e. The fourth-order valence-electron chi connectivity index (χ4n) is 2.68. The Morgan fingerprint density at radius 2 is 1.96 bits per heavy atom. The number of thioether (sulfide) groups is 1. The number of halogens is 2. The molecule has 0 aliphatic heterocycles. The molecule has 0 aliphatic carbocycles. The maximum absolute atomic E-state index is 11.1. The van der Waals surface area contributed by atoms with Gasteiger partial charge in [0.25, 0.3) is 0 Å². The molecule has 0 saturated carbocycles. The zero-order chi connectivity index (χ0) is 17.9. The number of nitrogens with zero attached hydrogens (tertiary/aromatic N) is 3. The summed E-state index contributed by atoms with van der Waals surface area (Å²) in [5.74, 6) is 1.61. The third kappa shape index (κ3) is 5.07. The minimum Gasteiger partial charge on any atom is -0.341 e. The number of aromatic nitrogens is 4. The number of rotatable bonds is 5. The van der Waals surface area contributed by atoms with Gasteiger partial charge in [0.1, 0.15) is 5.82 Å². The highest BCUT2D eigenvalue weighted by molar-refractivity contribution is 7.98. The Morgan fingerprint density at radius 1 is 1.18 bits per heavy atom. The van der Waals surface area contributed by atoms with Crippen LogP contribution < -0.4 is 5.32 Å². The van der Waals surface area contributed by atoms with Gasteiger partial charge in [-0.05, 0) is 42.5 Å². The average Bonchev–Trinajstić information content (AvgIpc) is 3.29. The summed E-state index contributed by atoms with van der Waals surface area (Å²) < 4.78 is 1.96. The molecule has 0 aliphatic rings. The minimum absolute atomic E-state index is 0. The van der Waals surface area contributed by atoms with E-state index in [1.807, 2.05) is 53.2 Å². The van der Waals surface area contributed by atoms with E-state index < -0.39 is 0 Å². The van der Waals surface area contributed by atoms with Crippen LogP contribution in [0.5, 0.6) is 0 Å². The number of carbonyl (C=O) groups is 1. The third-order valence-corrected chi connectivity index (χ3v) is 4.89. The van der Waals surface area contributed by atoms with Crippen molar-refractivity contribution in [3.63, 3.8) is 0 Å². The lowest BCUT2D eigenvalue weighted by molar-refractivity contribution is -0.114. The van der Waals surface area contributed by atoms with Crippen molar-refractivity contribution in [1.29, 1.82) is 0 Å². The molecule has 1 amide bonds. The molecule has 28 heavy (non-hydrogen) atoms. The zero-order valence-electron chi connectivity index (χ0n) is 15.0. The van der Waals surface area contributed by atoms with Gasteiger partial charge in [0, 0.05) is 35.6 Å². The number of H-pyrrole nitrogens is 1. The fraction of sp³-hybridized carbons (Fsp3) is 0.105. The first-order valence-corrected chi connectivity index (χ1v) is 9.13. The number of anilines is 1. The average molecular weight is 436 g/mol. The Balaban J connectivity index is 0.00000140. The van der Waals surface area contributed by atoms with Gasteiger partial charge in [-0.15, -0.1) is 36.6 Å². The standard InChI is InChI=1S/C19H17N5OS.2ClH/c1-13(25)21-14-2-5-16(6-3-14)26-11-19-22-17-7-4-15(10-18(17)23-19)24-9-8-20-12-24;;/h2-10,12H,11H2,1H3,(H,21,25)(H,22,23);2*1H. The van der Waals surface area contributed by atoms with Crippen LogP contribution in [0.2, 0.25) is 0 Å². The van der Waals surface area contributed by atoms with Gasteiger partial charge in [0.2, 0.25) is 5.91 Å². The van der Waals surface area contributed by atoms with Gasteiger partial charge in [0.15, 0.2) is 0 Å². The Bertz CT molecular complexity index is 1050. The van der Waals surface area contributed by atoms with E-state index in [1.165, 1.54) is 6.92 Å². The summed E-state index contributed by atoms with van der Waals surface area (Å²) in [5.41, 5.74) is 3.80. The number of amides is 1. The van der Waals surface area contributed by atoms with Crippen LogP contribution in [0.1, 0.15) is 12.7 Å². The van der Waals surface area contributed by atoms with Crippen molar-refractivity contribution in [3.05, 3.63) is 67.0 Å². The van der Waals surface area contributed by atoms with Crippen molar-refractivity contribution in [3.8, 4) is 5.69 Å². The molecular formula is C19H19Cl2N5OS. The summed E-state index contributed by atoms with van der Waals surface area (Å²) in [4.78, 5) is 24.3. The molecule has 0 unspecified atom stereocenters. The lowest BCUT2D eigenvalue weighted by atomic mass is 10.3. The van der Waals surface area contributed by atoms with Gasteiger partial charge in [-0.2, -0.15) is 0 Å². The highest BCUT2D eigenvalue weighted by Crippen LogP contribution is 2.25. The van der Waals surface area contributed by atoms with E-state index >= 15 is 0 Å². The van der Waals surface area contributed by atoms with Crippen LogP contribution in [0.15, 0.2) is 66.1 Å². The number of nitrogens with one attached hydrogen (secondary N) is 2. The Labute approximate surface area is 179 Å². The number of imidazole rings is 2. The van der Waals surface area contributed by atoms with Gasteiger partial charge >= 0.3 is 0 Å². The molecule has 2 aromatic carbocycles. The summed E-state index contributed by atoms with van der Waals surface area (Å²) in [6, 6.07) is 13.9. The second-order valence-electron chi connectivity index (χ2n) is 5.85. The molecule has 4 aromatic rings. The van der Waals surface area contributed by atoms with Crippen LogP contribution >= 0.6 is 36.6 Å². The second kappa shape index (κ2) is 9.64. The minimum atomic E-state index is -0.0669. The van der Waals surface area contributed by atoms with Crippen molar-refractivity contribution in [2.75, 3.05) is 5.32 Å². The first-order valence-electron chi connectivity index (χ1n) is 8.15.